The molecule has 1 aromatic rings. The van der Waals surface area contributed by atoms with Crippen molar-refractivity contribution in [2.45, 2.75) is 45.3 Å². The maximum Gasteiger partial charge on any atom is 0.0471 e. The Morgan fingerprint density at radius 1 is 1.38 bits per heavy atom. The lowest BCUT2D eigenvalue weighted by Gasteiger charge is -2.37. The fraction of sp³-hybridized carbons (Fsp3) is 0.647. The highest BCUT2D eigenvalue weighted by atomic mass is 35.5. The molecule has 1 heterocycles. The standard InChI is InChI=1S/C17H28ClN3/c1-13(2)19-11-14-7-8-15(10-17(14)18)21-9-5-6-16(12-21)20(3)4/h7-8,10,13,16,19H,5-6,9,11-12H2,1-4H3. The van der Waals surface area contributed by atoms with Crippen LogP contribution in [0.25, 0.3) is 0 Å². The number of benzene rings is 1. The van der Waals surface area contributed by atoms with Gasteiger partial charge in [-0.3, -0.25) is 0 Å². The van der Waals surface area contributed by atoms with Crippen molar-refractivity contribution >= 4 is 17.3 Å². The predicted molar refractivity (Wildman–Crippen MR) is 92.3 cm³/mol. The summed E-state index contributed by atoms with van der Waals surface area (Å²) in [4.78, 5) is 4.79. The van der Waals surface area contributed by atoms with Gasteiger partial charge in [0, 0.05) is 42.4 Å². The summed E-state index contributed by atoms with van der Waals surface area (Å²) in [5, 5.41) is 4.29. The van der Waals surface area contributed by atoms with Gasteiger partial charge in [0.1, 0.15) is 0 Å². The topological polar surface area (TPSA) is 18.5 Å². The molecule has 1 N–H and O–H groups in total. The molecule has 1 atom stereocenters. The minimum Gasteiger partial charge on any atom is -0.370 e. The van der Waals surface area contributed by atoms with E-state index in [1.165, 1.54) is 24.1 Å². The lowest BCUT2D eigenvalue weighted by molar-refractivity contribution is 0.258. The smallest absolute Gasteiger partial charge is 0.0471 e. The summed E-state index contributed by atoms with van der Waals surface area (Å²) in [6.07, 6.45) is 2.53. The molecule has 0 radical (unpaired) electrons. The summed E-state index contributed by atoms with van der Waals surface area (Å²) in [5.74, 6) is 0. The number of nitrogens with zero attached hydrogens (tertiary/aromatic N) is 2. The average Bonchev–Trinajstić information content (AvgIpc) is 2.46. The third kappa shape index (κ3) is 4.60. The van der Waals surface area contributed by atoms with Gasteiger partial charge in [0.05, 0.1) is 0 Å². The van der Waals surface area contributed by atoms with Crippen molar-refractivity contribution in [3.63, 3.8) is 0 Å². The molecule has 1 aromatic carbocycles. The van der Waals surface area contributed by atoms with E-state index in [0.29, 0.717) is 12.1 Å². The lowest BCUT2D eigenvalue weighted by atomic mass is 10.0. The van der Waals surface area contributed by atoms with Crippen LogP contribution in [0.3, 0.4) is 0 Å². The van der Waals surface area contributed by atoms with Gasteiger partial charge in [-0.25, -0.2) is 0 Å². The lowest BCUT2D eigenvalue weighted by Crippen LogP contribution is -2.45. The molecular weight excluding hydrogens is 282 g/mol. The van der Waals surface area contributed by atoms with E-state index in [0.717, 1.165) is 24.7 Å². The molecule has 118 valence electrons. The Morgan fingerprint density at radius 3 is 2.76 bits per heavy atom. The number of anilines is 1. The zero-order chi connectivity index (χ0) is 15.4. The highest BCUT2D eigenvalue weighted by molar-refractivity contribution is 6.31. The van der Waals surface area contributed by atoms with Crippen LogP contribution in [0.5, 0.6) is 0 Å². The quantitative estimate of drug-likeness (QED) is 0.899. The van der Waals surface area contributed by atoms with Gasteiger partial charge in [0.2, 0.25) is 0 Å². The summed E-state index contributed by atoms with van der Waals surface area (Å²) >= 11 is 6.45. The Balaban J connectivity index is 2.05. The highest BCUT2D eigenvalue weighted by Crippen LogP contribution is 2.27. The summed E-state index contributed by atoms with van der Waals surface area (Å²) in [5.41, 5.74) is 2.43. The van der Waals surface area contributed by atoms with E-state index in [2.05, 4.69) is 61.3 Å². The van der Waals surface area contributed by atoms with Gasteiger partial charge in [-0.1, -0.05) is 31.5 Å². The van der Waals surface area contributed by atoms with E-state index < -0.39 is 0 Å². The number of likely N-dealkylation sites (N-methyl/N-ethyl adjacent to an activating group) is 1. The predicted octanol–water partition coefficient (Wildman–Crippen LogP) is 3.37. The number of piperidine rings is 1. The van der Waals surface area contributed by atoms with Gasteiger partial charge in [0.15, 0.2) is 0 Å². The average molecular weight is 310 g/mol. The molecule has 3 nitrogen and oxygen atoms in total. The molecule has 1 unspecified atom stereocenters. The van der Waals surface area contributed by atoms with Gasteiger partial charge in [-0.05, 0) is 44.6 Å². The number of nitrogens with one attached hydrogen (secondary N) is 1. The third-order valence-corrected chi connectivity index (χ3v) is 4.58. The van der Waals surface area contributed by atoms with Crippen LogP contribution in [-0.2, 0) is 6.54 Å². The zero-order valence-corrected chi connectivity index (χ0v) is 14.5. The maximum atomic E-state index is 6.45. The van der Waals surface area contributed by atoms with Crippen LogP contribution in [0.15, 0.2) is 18.2 Å². The van der Waals surface area contributed by atoms with Crippen LogP contribution in [0.4, 0.5) is 5.69 Å². The first kappa shape index (κ1) is 16.6. The number of hydrogen-bond donors (Lipinski definition) is 1. The summed E-state index contributed by atoms with van der Waals surface area (Å²) in [7, 11) is 4.34. The Labute approximate surface area is 134 Å². The second-order valence-electron chi connectivity index (χ2n) is 6.52. The summed E-state index contributed by atoms with van der Waals surface area (Å²) < 4.78 is 0. The SMILES string of the molecule is CC(C)NCc1ccc(N2CCCC(N(C)C)C2)cc1Cl. The van der Waals surface area contributed by atoms with Crippen LogP contribution in [-0.4, -0.2) is 44.2 Å². The molecule has 0 bridgehead atoms. The third-order valence-electron chi connectivity index (χ3n) is 4.23. The fourth-order valence-electron chi connectivity index (χ4n) is 2.80. The molecule has 0 amide bonds. The van der Waals surface area contributed by atoms with Crippen LogP contribution in [0, 0.1) is 0 Å². The Morgan fingerprint density at radius 2 is 2.14 bits per heavy atom. The molecular formula is C17H28ClN3. The minimum absolute atomic E-state index is 0.476. The molecule has 1 fully saturated rings. The second kappa shape index (κ2) is 7.48. The van der Waals surface area contributed by atoms with Crippen molar-refractivity contribution < 1.29 is 0 Å². The zero-order valence-electron chi connectivity index (χ0n) is 13.7. The van der Waals surface area contributed by atoms with Gasteiger partial charge < -0.3 is 15.1 Å². The van der Waals surface area contributed by atoms with Gasteiger partial charge in [-0.2, -0.15) is 0 Å². The van der Waals surface area contributed by atoms with E-state index in [-0.39, 0.29) is 0 Å². The van der Waals surface area contributed by atoms with Gasteiger partial charge >= 0.3 is 0 Å². The first-order valence-corrected chi connectivity index (χ1v) is 8.28. The maximum absolute atomic E-state index is 6.45. The number of hydrogen-bond acceptors (Lipinski definition) is 3. The Bertz CT molecular complexity index is 459. The Hall–Kier alpha value is -0.770. The van der Waals surface area contributed by atoms with Crippen molar-refractivity contribution in [2.24, 2.45) is 0 Å². The summed E-state index contributed by atoms with van der Waals surface area (Å²) in [6.45, 7) is 7.35. The molecule has 0 aliphatic carbocycles. The number of rotatable bonds is 5. The van der Waals surface area contributed by atoms with E-state index in [1.54, 1.807) is 0 Å². The monoisotopic (exact) mass is 309 g/mol. The molecule has 4 heteroatoms. The van der Waals surface area contributed by atoms with E-state index in [4.69, 9.17) is 11.6 Å². The molecule has 0 saturated carbocycles. The summed E-state index contributed by atoms with van der Waals surface area (Å²) in [6, 6.07) is 7.60. The van der Waals surface area contributed by atoms with Crippen molar-refractivity contribution in [1.82, 2.24) is 10.2 Å². The fourth-order valence-corrected chi connectivity index (χ4v) is 3.04. The van der Waals surface area contributed by atoms with Gasteiger partial charge in [-0.15, -0.1) is 0 Å². The van der Waals surface area contributed by atoms with Crippen molar-refractivity contribution in [3.05, 3.63) is 28.8 Å². The van der Waals surface area contributed by atoms with E-state index in [1.807, 2.05) is 0 Å². The van der Waals surface area contributed by atoms with Crippen LogP contribution < -0.4 is 10.2 Å². The number of halogens is 1. The van der Waals surface area contributed by atoms with Crippen LogP contribution in [0.1, 0.15) is 32.3 Å². The first-order valence-electron chi connectivity index (χ1n) is 7.90. The molecule has 1 aliphatic heterocycles. The molecule has 2 rings (SSSR count). The molecule has 0 spiro atoms. The van der Waals surface area contributed by atoms with E-state index in [9.17, 15) is 0 Å². The molecule has 0 aromatic heterocycles. The van der Waals surface area contributed by atoms with Crippen LogP contribution >= 0.6 is 11.6 Å². The van der Waals surface area contributed by atoms with Gasteiger partial charge in [0.25, 0.3) is 0 Å². The van der Waals surface area contributed by atoms with Crippen molar-refractivity contribution in [3.8, 4) is 0 Å². The second-order valence-corrected chi connectivity index (χ2v) is 6.92. The molecule has 21 heavy (non-hydrogen) atoms. The van der Waals surface area contributed by atoms with Crippen molar-refractivity contribution in [2.75, 3.05) is 32.1 Å². The Kier molecular flexibility index (Phi) is 5.91. The minimum atomic E-state index is 0.476. The normalized spacial score (nSPS) is 19.6. The van der Waals surface area contributed by atoms with Crippen LogP contribution in [0.2, 0.25) is 5.02 Å². The largest absolute Gasteiger partial charge is 0.370 e. The highest BCUT2D eigenvalue weighted by Gasteiger charge is 2.21. The van der Waals surface area contributed by atoms with E-state index >= 15 is 0 Å². The molecule has 1 aliphatic rings. The van der Waals surface area contributed by atoms with Crippen molar-refractivity contribution in [1.29, 1.82) is 0 Å². The first-order chi connectivity index (χ1) is 9.97. The molecule has 1 saturated heterocycles.